The molecule has 1 atom stereocenters. The quantitative estimate of drug-likeness (QED) is 0.636. The minimum absolute atomic E-state index is 0.860. The molecule has 1 saturated carbocycles. The zero-order valence-corrected chi connectivity index (χ0v) is 9.87. The van der Waals surface area contributed by atoms with Crippen molar-refractivity contribution in [1.82, 2.24) is 10.2 Å². The molecule has 0 aromatic carbocycles. The van der Waals surface area contributed by atoms with Crippen LogP contribution < -0.4 is 5.32 Å². The van der Waals surface area contributed by atoms with E-state index in [4.69, 9.17) is 4.74 Å². The molecule has 3 nitrogen and oxygen atoms in total. The van der Waals surface area contributed by atoms with Gasteiger partial charge >= 0.3 is 0 Å². The van der Waals surface area contributed by atoms with Crippen molar-refractivity contribution in [2.45, 2.75) is 19.3 Å². The van der Waals surface area contributed by atoms with Crippen LogP contribution in [0.1, 0.15) is 19.3 Å². The average Bonchev–Trinajstić information content (AvgIpc) is 2.95. The van der Waals surface area contributed by atoms with Gasteiger partial charge in [-0.15, -0.1) is 0 Å². The van der Waals surface area contributed by atoms with E-state index in [1.165, 1.54) is 38.9 Å². The van der Waals surface area contributed by atoms with Crippen LogP contribution >= 0.6 is 0 Å². The van der Waals surface area contributed by atoms with E-state index in [2.05, 4.69) is 10.2 Å². The first-order valence-electron chi connectivity index (χ1n) is 6.33. The molecule has 0 aromatic heterocycles. The summed E-state index contributed by atoms with van der Waals surface area (Å²) >= 11 is 0. The van der Waals surface area contributed by atoms with Gasteiger partial charge < -0.3 is 15.0 Å². The van der Waals surface area contributed by atoms with E-state index in [0.717, 1.165) is 31.6 Å². The largest absolute Gasteiger partial charge is 0.380 e. The summed E-state index contributed by atoms with van der Waals surface area (Å²) in [5.41, 5.74) is 0. The predicted molar refractivity (Wildman–Crippen MR) is 62.0 cm³/mol. The van der Waals surface area contributed by atoms with E-state index >= 15 is 0 Å². The summed E-state index contributed by atoms with van der Waals surface area (Å²) in [7, 11) is 2.04. The second-order valence-electron chi connectivity index (χ2n) is 5.03. The van der Waals surface area contributed by atoms with Gasteiger partial charge in [0.1, 0.15) is 0 Å². The summed E-state index contributed by atoms with van der Waals surface area (Å²) < 4.78 is 5.66. The van der Waals surface area contributed by atoms with Gasteiger partial charge in [0.05, 0.1) is 6.61 Å². The van der Waals surface area contributed by atoms with Crippen LogP contribution in [0.15, 0.2) is 0 Å². The van der Waals surface area contributed by atoms with Gasteiger partial charge in [-0.25, -0.2) is 0 Å². The average molecular weight is 212 g/mol. The molecule has 1 saturated heterocycles. The van der Waals surface area contributed by atoms with Crippen molar-refractivity contribution < 1.29 is 4.74 Å². The van der Waals surface area contributed by atoms with Crippen molar-refractivity contribution in [2.24, 2.45) is 11.8 Å². The van der Waals surface area contributed by atoms with Gasteiger partial charge in [0.25, 0.3) is 0 Å². The number of rotatable bonds is 7. The molecule has 1 aliphatic heterocycles. The maximum atomic E-state index is 5.66. The molecule has 1 N–H and O–H groups in total. The van der Waals surface area contributed by atoms with Crippen LogP contribution in [0.2, 0.25) is 0 Å². The molecule has 3 heteroatoms. The first-order chi connectivity index (χ1) is 7.38. The third-order valence-electron chi connectivity index (χ3n) is 3.47. The standard InChI is InChI=1S/C12H24N2O/c1-13-8-12-4-5-14(9-12)6-7-15-10-11-2-3-11/h11-13H,2-10H2,1H3. The first kappa shape index (κ1) is 11.4. The van der Waals surface area contributed by atoms with E-state index < -0.39 is 0 Å². The lowest BCUT2D eigenvalue weighted by atomic mass is 10.1. The molecule has 1 heterocycles. The fourth-order valence-corrected chi connectivity index (χ4v) is 2.30. The van der Waals surface area contributed by atoms with Gasteiger partial charge in [0.2, 0.25) is 0 Å². The second kappa shape index (κ2) is 5.83. The molecular formula is C12H24N2O. The maximum Gasteiger partial charge on any atom is 0.0593 e. The Bertz CT molecular complexity index is 182. The number of hydrogen-bond acceptors (Lipinski definition) is 3. The molecule has 2 rings (SSSR count). The topological polar surface area (TPSA) is 24.5 Å². The third kappa shape index (κ3) is 4.09. The molecule has 1 aliphatic carbocycles. The Kier molecular flexibility index (Phi) is 4.42. The number of likely N-dealkylation sites (tertiary alicyclic amines) is 1. The van der Waals surface area contributed by atoms with Gasteiger partial charge in [-0.1, -0.05) is 0 Å². The molecule has 0 amide bonds. The fourth-order valence-electron chi connectivity index (χ4n) is 2.30. The van der Waals surface area contributed by atoms with E-state index in [1.54, 1.807) is 0 Å². The van der Waals surface area contributed by atoms with Crippen LogP contribution in [-0.4, -0.2) is 51.3 Å². The highest BCUT2D eigenvalue weighted by atomic mass is 16.5. The lowest BCUT2D eigenvalue weighted by Crippen LogP contribution is -2.27. The zero-order valence-electron chi connectivity index (χ0n) is 9.87. The van der Waals surface area contributed by atoms with Crippen LogP contribution in [0.3, 0.4) is 0 Å². The second-order valence-corrected chi connectivity index (χ2v) is 5.03. The molecule has 0 spiro atoms. The van der Waals surface area contributed by atoms with Crippen LogP contribution in [0.5, 0.6) is 0 Å². The van der Waals surface area contributed by atoms with Gasteiger partial charge in [-0.05, 0) is 51.2 Å². The Morgan fingerprint density at radius 2 is 2.13 bits per heavy atom. The Hall–Kier alpha value is -0.120. The molecule has 15 heavy (non-hydrogen) atoms. The van der Waals surface area contributed by atoms with Crippen LogP contribution in [-0.2, 0) is 4.74 Å². The monoisotopic (exact) mass is 212 g/mol. The minimum atomic E-state index is 0.860. The highest BCUT2D eigenvalue weighted by Crippen LogP contribution is 2.28. The van der Waals surface area contributed by atoms with E-state index in [0.29, 0.717) is 0 Å². The summed E-state index contributed by atoms with van der Waals surface area (Å²) in [5.74, 6) is 1.76. The number of ether oxygens (including phenoxy) is 1. The molecule has 0 radical (unpaired) electrons. The van der Waals surface area contributed by atoms with Gasteiger partial charge in [-0.2, -0.15) is 0 Å². The fraction of sp³-hybridized carbons (Fsp3) is 1.00. The molecular weight excluding hydrogens is 188 g/mol. The van der Waals surface area contributed by atoms with Crippen LogP contribution in [0.25, 0.3) is 0 Å². The maximum absolute atomic E-state index is 5.66. The van der Waals surface area contributed by atoms with Crippen molar-refractivity contribution in [2.75, 3.05) is 46.4 Å². The summed E-state index contributed by atoms with van der Waals surface area (Å²) in [6.07, 6.45) is 4.14. The summed E-state index contributed by atoms with van der Waals surface area (Å²) in [4.78, 5) is 2.54. The third-order valence-corrected chi connectivity index (χ3v) is 3.47. The first-order valence-corrected chi connectivity index (χ1v) is 6.33. The molecule has 0 bridgehead atoms. The summed E-state index contributed by atoms with van der Waals surface area (Å²) in [6, 6.07) is 0. The Morgan fingerprint density at radius 1 is 1.27 bits per heavy atom. The Balaban J connectivity index is 1.48. The lowest BCUT2D eigenvalue weighted by molar-refractivity contribution is 0.102. The number of nitrogens with zero attached hydrogens (tertiary/aromatic N) is 1. The van der Waals surface area contributed by atoms with E-state index in [-0.39, 0.29) is 0 Å². The zero-order chi connectivity index (χ0) is 10.5. The number of hydrogen-bond donors (Lipinski definition) is 1. The Morgan fingerprint density at radius 3 is 2.87 bits per heavy atom. The molecule has 0 aromatic rings. The number of nitrogens with one attached hydrogen (secondary N) is 1. The molecule has 88 valence electrons. The Labute approximate surface area is 93.2 Å². The lowest BCUT2D eigenvalue weighted by Gasteiger charge is -2.15. The molecule has 2 aliphatic rings. The van der Waals surface area contributed by atoms with Crippen molar-refractivity contribution in [3.8, 4) is 0 Å². The predicted octanol–water partition coefficient (Wildman–Crippen LogP) is 0.954. The van der Waals surface area contributed by atoms with Crippen molar-refractivity contribution >= 4 is 0 Å². The van der Waals surface area contributed by atoms with Crippen LogP contribution in [0.4, 0.5) is 0 Å². The van der Waals surface area contributed by atoms with Crippen LogP contribution in [0, 0.1) is 11.8 Å². The highest BCUT2D eigenvalue weighted by molar-refractivity contribution is 4.76. The minimum Gasteiger partial charge on any atom is -0.380 e. The van der Waals surface area contributed by atoms with E-state index in [1.807, 2.05) is 7.05 Å². The summed E-state index contributed by atoms with van der Waals surface area (Å²) in [5, 5.41) is 3.26. The summed E-state index contributed by atoms with van der Waals surface area (Å²) in [6.45, 7) is 6.76. The normalized spacial score (nSPS) is 27.4. The highest BCUT2D eigenvalue weighted by Gasteiger charge is 2.23. The smallest absolute Gasteiger partial charge is 0.0593 e. The van der Waals surface area contributed by atoms with Gasteiger partial charge in [0.15, 0.2) is 0 Å². The van der Waals surface area contributed by atoms with Gasteiger partial charge in [0, 0.05) is 19.7 Å². The SMILES string of the molecule is CNCC1CCN(CCOCC2CC2)C1. The van der Waals surface area contributed by atoms with E-state index in [9.17, 15) is 0 Å². The molecule has 1 unspecified atom stereocenters. The van der Waals surface area contributed by atoms with Gasteiger partial charge in [-0.3, -0.25) is 0 Å². The van der Waals surface area contributed by atoms with Crippen molar-refractivity contribution in [3.63, 3.8) is 0 Å². The van der Waals surface area contributed by atoms with Crippen molar-refractivity contribution in [1.29, 1.82) is 0 Å². The van der Waals surface area contributed by atoms with Crippen molar-refractivity contribution in [3.05, 3.63) is 0 Å². The molecule has 2 fully saturated rings.